The van der Waals surface area contributed by atoms with Gasteiger partial charge in [-0.3, -0.25) is 14.4 Å². The fourth-order valence-corrected chi connectivity index (χ4v) is 2.84. The minimum absolute atomic E-state index is 0.183. The van der Waals surface area contributed by atoms with Crippen molar-refractivity contribution in [3.05, 3.63) is 35.5 Å². The van der Waals surface area contributed by atoms with Crippen LogP contribution in [0.3, 0.4) is 0 Å². The molecule has 0 aliphatic carbocycles. The Hall–Kier alpha value is -3.03. The van der Waals surface area contributed by atoms with E-state index in [1.807, 2.05) is 0 Å². The van der Waals surface area contributed by atoms with Crippen LogP contribution in [0.2, 0.25) is 0 Å². The molecule has 8 heteroatoms. The van der Waals surface area contributed by atoms with Crippen LogP contribution in [0.1, 0.15) is 22.3 Å². The average molecular weight is 330 g/mol. The maximum atomic E-state index is 13.0. The predicted octanol–water partition coefficient (Wildman–Crippen LogP) is 1.67. The number of fused-ring (bicyclic) bond motifs is 1. The Morgan fingerprint density at radius 2 is 2.04 bits per heavy atom. The second-order valence-electron chi connectivity index (χ2n) is 5.33. The zero-order valence-electron chi connectivity index (χ0n) is 13.7. The zero-order chi connectivity index (χ0) is 17.3. The molecule has 0 radical (unpaired) electrons. The largest absolute Gasteiger partial charge is 0.493 e. The number of ether oxygens (including phenoxy) is 2. The third-order valence-corrected chi connectivity index (χ3v) is 4.04. The van der Waals surface area contributed by atoms with Crippen molar-refractivity contribution in [2.75, 3.05) is 25.7 Å². The van der Waals surface area contributed by atoms with Gasteiger partial charge in [0.05, 0.1) is 31.7 Å². The number of oxime groups is 1. The molecule has 0 fully saturated rings. The van der Waals surface area contributed by atoms with Gasteiger partial charge < -0.3 is 14.7 Å². The molecule has 1 aromatic carbocycles. The summed E-state index contributed by atoms with van der Waals surface area (Å²) in [4.78, 5) is 14.6. The van der Waals surface area contributed by atoms with Crippen LogP contribution in [0.5, 0.6) is 11.5 Å². The normalized spacial score (nSPS) is 15.3. The number of amides is 1. The minimum atomic E-state index is -0.183. The molecule has 0 saturated carbocycles. The van der Waals surface area contributed by atoms with Crippen molar-refractivity contribution >= 4 is 17.4 Å². The summed E-state index contributed by atoms with van der Waals surface area (Å²) in [7, 11) is 4.81. The maximum Gasteiger partial charge on any atom is 0.259 e. The number of benzene rings is 1. The summed E-state index contributed by atoms with van der Waals surface area (Å²) in [6.07, 6.45) is 2.05. The monoisotopic (exact) mass is 330 g/mol. The van der Waals surface area contributed by atoms with E-state index in [0.29, 0.717) is 47.1 Å². The molecule has 1 aliphatic rings. The molecule has 1 aliphatic heterocycles. The van der Waals surface area contributed by atoms with Gasteiger partial charge in [0.2, 0.25) is 0 Å². The quantitative estimate of drug-likeness (QED) is 0.683. The molecule has 0 saturated heterocycles. The Labute approximate surface area is 138 Å². The zero-order valence-corrected chi connectivity index (χ0v) is 13.7. The number of rotatable bonds is 3. The van der Waals surface area contributed by atoms with E-state index in [1.165, 1.54) is 7.11 Å². The van der Waals surface area contributed by atoms with E-state index >= 15 is 0 Å². The summed E-state index contributed by atoms with van der Waals surface area (Å²) in [5.74, 6) is 1.47. The molecule has 0 spiro atoms. The number of carbonyl (C=O) groups excluding carboxylic acids is 1. The number of hydrogen-bond acceptors (Lipinski definition) is 6. The van der Waals surface area contributed by atoms with Crippen LogP contribution in [-0.4, -0.2) is 47.4 Å². The fraction of sp³-hybridized carbons (Fsp3) is 0.312. The number of hydrogen-bond donors (Lipinski definition) is 1. The molecule has 0 unspecified atom stereocenters. The van der Waals surface area contributed by atoms with Gasteiger partial charge in [-0.1, -0.05) is 5.16 Å². The Kier molecular flexibility index (Phi) is 4.11. The number of aromatic nitrogens is 2. The highest BCUT2D eigenvalue weighted by molar-refractivity contribution is 6.14. The molecule has 8 nitrogen and oxygen atoms in total. The molecule has 126 valence electrons. The lowest BCUT2D eigenvalue weighted by Crippen LogP contribution is -2.38. The van der Waals surface area contributed by atoms with Crippen LogP contribution >= 0.6 is 0 Å². The van der Waals surface area contributed by atoms with Crippen molar-refractivity contribution < 1.29 is 19.5 Å². The minimum Gasteiger partial charge on any atom is -0.493 e. The van der Waals surface area contributed by atoms with E-state index in [2.05, 4.69) is 10.3 Å². The van der Waals surface area contributed by atoms with E-state index < -0.39 is 0 Å². The number of aryl methyl sites for hydroxylation is 1. The summed E-state index contributed by atoms with van der Waals surface area (Å²) in [6.45, 7) is 0.402. The molecular formula is C16H18N4O4. The lowest BCUT2D eigenvalue weighted by atomic mass is 10.0. The van der Waals surface area contributed by atoms with Crippen molar-refractivity contribution in [3.63, 3.8) is 0 Å². The Balaban J connectivity index is 2.01. The summed E-state index contributed by atoms with van der Waals surface area (Å²) in [5, 5.41) is 16.6. The van der Waals surface area contributed by atoms with Gasteiger partial charge in [0.15, 0.2) is 11.5 Å². The molecule has 1 N–H and O–H groups in total. The lowest BCUT2D eigenvalue weighted by Gasteiger charge is -2.28. The SMILES string of the molecule is COc1ccc(C(=O)N2CC/C(=N\O)c3cnn(C)c32)cc1OC. The standard InChI is InChI=1S/C16H18N4O4/c1-19-15-11(9-17-19)12(18-22)6-7-20(15)16(21)10-4-5-13(23-2)14(8-10)24-3/h4-5,8-9,22H,6-7H2,1-3H3/b18-12+. The number of carbonyl (C=O) groups is 1. The first-order chi connectivity index (χ1) is 11.6. The van der Waals surface area contributed by atoms with Gasteiger partial charge in [-0.05, 0) is 18.2 Å². The highest BCUT2D eigenvalue weighted by Crippen LogP contribution is 2.31. The van der Waals surface area contributed by atoms with Gasteiger partial charge in [-0.25, -0.2) is 0 Å². The molecule has 2 heterocycles. The van der Waals surface area contributed by atoms with Crippen LogP contribution in [0.25, 0.3) is 0 Å². The van der Waals surface area contributed by atoms with E-state index in [0.717, 1.165) is 0 Å². The Bertz CT molecular complexity index is 812. The number of nitrogens with zero attached hydrogens (tertiary/aromatic N) is 4. The van der Waals surface area contributed by atoms with E-state index in [1.54, 1.807) is 48.1 Å². The van der Waals surface area contributed by atoms with Gasteiger partial charge >= 0.3 is 0 Å². The third-order valence-electron chi connectivity index (χ3n) is 4.04. The van der Waals surface area contributed by atoms with Gasteiger partial charge in [-0.15, -0.1) is 0 Å². The summed E-state index contributed by atoms with van der Waals surface area (Å²) in [5.41, 5.74) is 1.65. The molecule has 0 atom stereocenters. The summed E-state index contributed by atoms with van der Waals surface area (Å²) >= 11 is 0. The van der Waals surface area contributed by atoms with Gasteiger partial charge in [-0.2, -0.15) is 5.10 Å². The van der Waals surface area contributed by atoms with Gasteiger partial charge in [0.1, 0.15) is 5.82 Å². The molecule has 24 heavy (non-hydrogen) atoms. The molecule has 3 rings (SSSR count). The smallest absolute Gasteiger partial charge is 0.259 e. The highest BCUT2D eigenvalue weighted by Gasteiger charge is 2.31. The first-order valence-corrected chi connectivity index (χ1v) is 7.38. The van der Waals surface area contributed by atoms with Crippen LogP contribution < -0.4 is 14.4 Å². The van der Waals surface area contributed by atoms with Crippen LogP contribution in [-0.2, 0) is 7.05 Å². The molecular weight excluding hydrogens is 312 g/mol. The first kappa shape index (κ1) is 15.9. The average Bonchev–Trinajstić information content (AvgIpc) is 3.02. The second kappa shape index (κ2) is 6.23. The van der Waals surface area contributed by atoms with E-state index in [9.17, 15) is 4.79 Å². The third kappa shape index (κ3) is 2.45. The van der Waals surface area contributed by atoms with Crippen molar-refractivity contribution in [2.24, 2.45) is 12.2 Å². The Morgan fingerprint density at radius 1 is 1.29 bits per heavy atom. The molecule has 1 aromatic heterocycles. The fourth-order valence-electron chi connectivity index (χ4n) is 2.84. The van der Waals surface area contributed by atoms with E-state index in [-0.39, 0.29) is 5.91 Å². The summed E-state index contributed by atoms with van der Waals surface area (Å²) in [6, 6.07) is 5.03. The van der Waals surface area contributed by atoms with Crippen molar-refractivity contribution in [3.8, 4) is 11.5 Å². The molecule has 1 amide bonds. The number of methoxy groups -OCH3 is 2. The van der Waals surface area contributed by atoms with Crippen molar-refractivity contribution in [2.45, 2.75) is 6.42 Å². The number of anilines is 1. The first-order valence-electron chi connectivity index (χ1n) is 7.38. The lowest BCUT2D eigenvalue weighted by molar-refractivity contribution is 0.0985. The Morgan fingerprint density at radius 3 is 2.71 bits per heavy atom. The maximum absolute atomic E-state index is 13.0. The van der Waals surface area contributed by atoms with Gasteiger partial charge in [0, 0.05) is 25.6 Å². The molecule has 0 bridgehead atoms. The van der Waals surface area contributed by atoms with Crippen molar-refractivity contribution in [1.82, 2.24) is 9.78 Å². The molecule has 2 aromatic rings. The highest BCUT2D eigenvalue weighted by atomic mass is 16.5. The van der Waals surface area contributed by atoms with Crippen molar-refractivity contribution in [1.29, 1.82) is 0 Å². The summed E-state index contributed by atoms with van der Waals surface area (Å²) < 4.78 is 12.1. The second-order valence-corrected chi connectivity index (χ2v) is 5.33. The topological polar surface area (TPSA) is 89.2 Å². The van der Waals surface area contributed by atoms with Gasteiger partial charge in [0.25, 0.3) is 5.91 Å². The van der Waals surface area contributed by atoms with Crippen LogP contribution in [0.15, 0.2) is 29.6 Å². The van der Waals surface area contributed by atoms with Crippen LogP contribution in [0.4, 0.5) is 5.82 Å². The van der Waals surface area contributed by atoms with E-state index in [4.69, 9.17) is 14.7 Å². The predicted molar refractivity (Wildman–Crippen MR) is 87.4 cm³/mol. The van der Waals surface area contributed by atoms with Crippen LogP contribution in [0, 0.1) is 0 Å².